The van der Waals surface area contributed by atoms with Gasteiger partial charge < -0.3 is 9.30 Å². The maximum Gasteiger partial charge on any atom is 0.228 e. The topological polar surface area (TPSA) is 37.6 Å². The molecule has 2 heterocycles. The van der Waals surface area contributed by atoms with Gasteiger partial charge in [0.25, 0.3) is 0 Å². The molecular weight excluding hydrogens is 286 g/mol. The molecule has 4 nitrogen and oxygen atoms in total. The second kappa shape index (κ2) is 6.65. The zero-order valence-corrected chi connectivity index (χ0v) is 13.6. The Kier molecular flexibility index (Phi) is 4.42. The Morgan fingerprint density at radius 2 is 1.96 bits per heavy atom. The summed E-state index contributed by atoms with van der Waals surface area (Å²) < 4.78 is 1.98. The molecule has 0 bridgehead atoms. The molecule has 3 rings (SSSR count). The molecule has 0 unspecified atom stereocenters. The van der Waals surface area contributed by atoms with Gasteiger partial charge in [0.1, 0.15) is 5.65 Å². The van der Waals surface area contributed by atoms with E-state index in [1.807, 2.05) is 78.0 Å². The summed E-state index contributed by atoms with van der Waals surface area (Å²) in [5.74, 6) is 0.109. The van der Waals surface area contributed by atoms with Gasteiger partial charge in [0.2, 0.25) is 5.91 Å². The zero-order valence-electron chi connectivity index (χ0n) is 13.6. The molecule has 4 heteroatoms. The van der Waals surface area contributed by atoms with Gasteiger partial charge in [-0.25, -0.2) is 4.98 Å². The minimum atomic E-state index is 0.109. The third-order valence-electron chi connectivity index (χ3n) is 4.01. The monoisotopic (exact) mass is 307 g/mol. The van der Waals surface area contributed by atoms with E-state index < -0.39 is 0 Å². The first-order valence-electron chi connectivity index (χ1n) is 7.92. The number of likely N-dealkylation sites (N-methyl/N-ethyl adjacent to an activating group) is 1. The second-order valence-electron chi connectivity index (χ2n) is 5.72. The quantitative estimate of drug-likeness (QED) is 0.726. The summed E-state index contributed by atoms with van der Waals surface area (Å²) in [6, 6.07) is 14.1. The number of fused-ring (bicyclic) bond motifs is 1. The lowest BCUT2D eigenvalue weighted by atomic mass is 10.2. The standard InChI is InChI=1S/C19H21N3O/c1-3-21(13-16-9-5-4-6-10-16)18(23)12-17-14-22-11-7-8-15(2)19(22)20-17/h4-11,14H,3,12-13H2,1-2H3. The van der Waals surface area contributed by atoms with E-state index in [-0.39, 0.29) is 5.91 Å². The molecule has 0 spiro atoms. The Labute approximate surface area is 136 Å². The van der Waals surface area contributed by atoms with E-state index in [4.69, 9.17) is 0 Å². The van der Waals surface area contributed by atoms with Crippen molar-refractivity contribution in [3.63, 3.8) is 0 Å². The molecule has 0 aliphatic rings. The average molecular weight is 307 g/mol. The van der Waals surface area contributed by atoms with Crippen LogP contribution in [0.25, 0.3) is 5.65 Å². The number of carbonyl (C=O) groups excluding carboxylic acids is 1. The number of aryl methyl sites for hydroxylation is 1. The van der Waals surface area contributed by atoms with E-state index >= 15 is 0 Å². The Morgan fingerprint density at radius 3 is 2.65 bits per heavy atom. The normalized spacial score (nSPS) is 10.9. The number of nitrogens with zero attached hydrogens (tertiary/aromatic N) is 3. The lowest BCUT2D eigenvalue weighted by Crippen LogP contribution is -2.31. The fourth-order valence-electron chi connectivity index (χ4n) is 2.74. The fourth-order valence-corrected chi connectivity index (χ4v) is 2.74. The summed E-state index contributed by atoms with van der Waals surface area (Å²) in [5.41, 5.74) is 3.99. The number of aromatic nitrogens is 2. The van der Waals surface area contributed by atoms with E-state index in [1.165, 1.54) is 0 Å². The number of amides is 1. The van der Waals surface area contributed by atoms with Crippen molar-refractivity contribution in [3.05, 3.63) is 71.7 Å². The van der Waals surface area contributed by atoms with Crippen molar-refractivity contribution in [2.45, 2.75) is 26.8 Å². The van der Waals surface area contributed by atoms with Crippen LogP contribution in [0.4, 0.5) is 0 Å². The van der Waals surface area contributed by atoms with Gasteiger partial charge in [-0.1, -0.05) is 36.4 Å². The van der Waals surface area contributed by atoms with Gasteiger partial charge in [-0.05, 0) is 31.0 Å². The fraction of sp³-hybridized carbons (Fsp3) is 0.263. The number of rotatable bonds is 5. The highest BCUT2D eigenvalue weighted by Crippen LogP contribution is 2.12. The highest BCUT2D eigenvalue weighted by molar-refractivity contribution is 5.78. The van der Waals surface area contributed by atoms with Crippen molar-refractivity contribution in [1.29, 1.82) is 0 Å². The number of hydrogen-bond donors (Lipinski definition) is 0. The van der Waals surface area contributed by atoms with Crippen LogP contribution in [0.1, 0.15) is 23.7 Å². The number of benzene rings is 1. The van der Waals surface area contributed by atoms with Gasteiger partial charge in [0, 0.05) is 25.5 Å². The van der Waals surface area contributed by atoms with E-state index in [0.717, 1.165) is 22.5 Å². The second-order valence-corrected chi connectivity index (χ2v) is 5.72. The van der Waals surface area contributed by atoms with Crippen molar-refractivity contribution < 1.29 is 4.79 Å². The molecule has 2 aromatic heterocycles. The van der Waals surface area contributed by atoms with E-state index in [2.05, 4.69) is 4.98 Å². The Morgan fingerprint density at radius 1 is 1.17 bits per heavy atom. The maximum absolute atomic E-state index is 12.6. The lowest BCUT2D eigenvalue weighted by Gasteiger charge is -2.20. The van der Waals surface area contributed by atoms with Gasteiger partial charge in [0.15, 0.2) is 0 Å². The molecule has 1 amide bonds. The Hall–Kier alpha value is -2.62. The minimum Gasteiger partial charge on any atom is -0.338 e. The molecule has 0 saturated carbocycles. The van der Waals surface area contributed by atoms with Crippen LogP contribution in [0.2, 0.25) is 0 Å². The average Bonchev–Trinajstić information content (AvgIpc) is 2.97. The third kappa shape index (κ3) is 3.42. The molecule has 23 heavy (non-hydrogen) atoms. The van der Waals surface area contributed by atoms with Crippen LogP contribution in [0.5, 0.6) is 0 Å². The Bertz CT molecular complexity index is 808. The predicted molar refractivity (Wildman–Crippen MR) is 91.2 cm³/mol. The summed E-state index contributed by atoms with van der Waals surface area (Å²) >= 11 is 0. The lowest BCUT2D eigenvalue weighted by molar-refractivity contribution is -0.130. The van der Waals surface area contributed by atoms with Gasteiger partial charge >= 0.3 is 0 Å². The van der Waals surface area contributed by atoms with Crippen LogP contribution in [0, 0.1) is 6.92 Å². The summed E-state index contributed by atoms with van der Waals surface area (Å²) in [5, 5.41) is 0. The van der Waals surface area contributed by atoms with Crippen molar-refractivity contribution >= 4 is 11.6 Å². The van der Waals surface area contributed by atoms with Crippen LogP contribution < -0.4 is 0 Å². The Balaban J connectivity index is 1.74. The highest BCUT2D eigenvalue weighted by Gasteiger charge is 2.15. The molecule has 0 atom stereocenters. The van der Waals surface area contributed by atoms with E-state index in [0.29, 0.717) is 19.5 Å². The van der Waals surface area contributed by atoms with Crippen LogP contribution >= 0.6 is 0 Å². The maximum atomic E-state index is 12.6. The number of pyridine rings is 1. The molecule has 3 aromatic rings. The predicted octanol–water partition coefficient (Wildman–Crippen LogP) is 3.23. The molecule has 0 aliphatic heterocycles. The third-order valence-corrected chi connectivity index (χ3v) is 4.01. The van der Waals surface area contributed by atoms with Crippen molar-refractivity contribution in [2.75, 3.05) is 6.54 Å². The van der Waals surface area contributed by atoms with Crippen molar-refractivity contribution in [3.8, 4) is 0 Å². The molecule has 118 valence electrons. The molecular formula is C19H21N3O. The summed E-state index contributed by atoms with van der Waals surface area (Å²) in [6.45, 7) is 5.37. The van der Waals surface area contributed by atoms with Gasteiger partial charge in [-0.15, -0.1) is 0 Å². The molecule has 0 saturated heterocycles. The zero-order chi connectivity index (χ0) is 16.2. The highest BCUT2D eigenvalue weighted by atomic mass is 16.2. The first kappa shape index (κ1) is 15.3. The largest absolute Gasteiger partial charge is 0.338 e. The van der Waals surface area contributed by atoms with Gasteiger partial charge in [-0.3, -0.25) is 4.79 Å². The van der Waals surface area contributed by atoms with E-state index in [1.54, 1.807) is 0 Å². The van der Waals surface area contributed by atoms with Crippen LogP contribution in [0.15, 0.2) is 54.9 Å². The van der Waals surface area contributed by atoms with E-state index in [9.17, 15) is 4.79 Å². The number of imidazole rings is 1. The first-order chi connectivity index (χ1) is 11.2. The van der Waals surface area contributed by atoms with Crippen LogP contribution in [-0.2, 0) is 17.8 Å². The first-order valence-corrected chi connectivity index (χ1v) is 7.92. The van der Waals surface area contributed by atoms with Gasteiger partial charge in [-0.2, -0.15) is 0 Å². The SMILES string of the molecule is CCN(Cc1ccccc1)C(=O)Cc1cn2cccc(C)c2n1. The number of carbonyl (C=O) groups is 1. The molecule has 0 aliphatic carbocycles. The van der Waals surface area contributed by atoms with Crippen molar-refractivity contribution in [2.24, 2.45) is 0 Å². The summed E-state index contributed by atoms with van der Waals surface area (Å²) in [6.07, 6.45) is 4.24. The minimum absolute atomic E-state index is 0.109. The molecule has 1 aromatic carbocycles. The molecule has 0 radical (unpaired) electrons. The number of hydrogen-bond acceptors (Lipinski definition) is 2. The van der Waals surface area contributed by atoms with Crippen LogP contribution in [0.3, 0.4) is 0 Å². The smallest absolute Gasteiger partial charge is 0.228 e. The molecule has 0 N–H and O–H groups in total. The summed E-state index contributed by atoms with van der Waals surface area (Å²) in [7, 11) is 0. The van der Waals surface area contributed by atoms with Gasteiger partial charge in [0.05, 0.1) is 12.1 Å². The summed E-state index contributed by atoms with van der Waals surface area (Å²) in [4.78, 5) is 19.0. The van der Waals surface area contributed by atoms with Crippen LogP contribution in [-0.4, -0.2) is 26.7 Å². The molecule has 0 fully saturated rings. The van der Waals surface area contributed by atoms with Crippen molar-refractivity contribution in [1.82, 2.24) is 14.3 Å².